The zero-order chi connectivity index (χ0) is 14.1. The van der Waals surface area contributed by atoms with Crippen LogP contribution in [0.2, 0.25) is 0 Å². The molecule has 0 unspecified atom stereocenters. The van der Waals surface area contributed by atoms with Crippen molar-refractivity contribution in [1.82, 2.24) is 0 Å². The molecule has 0 heterocycles. The van der Waals surface area contributed by atoms with Crippen LogP contribution in [0, 0.1) is 0 Å². The van der Waals surface area contributed by atoms with Crippen LogP contribution in [-0.4, -0.2) is 6.26 Å². The zero-order valence-corrected chi connectivity index (χ0v) is 13.9. The number of benzene rings is 1. The molecule has 0 atom stereocenters. The van der Waals surface area contributed by atoms with E-state index < -0.39 is 0 Å². The average Bonchev–Trinajstić information content (AvgIpc) is 2.46. The molecule has 0 nitrogen and oxygen atoms in total. The second kappa shape index (κ2) is 20.9. The molecule has 0 spiro atoms. The molecule has 0 aliphatic rings. The van der Waals surface area contributed by atoms with E-state index in [2.05, 4.69) is 37.4 Å². The first-order valence-corrected chi connectivity index (χ1v) is 8.22. The third-order valence-electron chi connectivity index (χ3n) is 1.70. The number of thioether (sulfide) groups is 1. The molecule has 1 aromatic carbocycles. The van der Waals surface area contributed by atoms with Crippen LogP contribution in [0.1, 0.15) is 60.5 Å². The van der Waals surface area contributed by atoms with E-state index in [1.54, 1.807) is 11.8 Å². The SMILES string of the molecule is CC.CC.CC.CCCc1ccc(SC)cc1. The topological polar surface area (TPSA) is 0 Å². The Kier molecular flexibility index (Phi) is 26.8. The fourth-order valence-corrected chi connectivity index (χ4v) is 1.49. The molecule has 17 heavy (non-hydrogen) atoms. The van der Waals surface area contributed by atoms with Crippen molar-refractivity contribution in [1.29, 1.82) is 0 Å². The van der Waals surface area contributed by atoms with E-state index >= 15 is 0 Å². The van der Waals surface area contributed by atoms with E-state index in [9.17, 15) is 0 Å². The molecule has 0 saturated heterocycles. The molecular weight excluding hydrogens is 224 g/mol. The molecule has 1 aromatic rings. The molecular formula is C16H32S. The Hall–Kier alpha value is -0.430. The van der Waals surface area contributed by atoms with Gasteiger partial charge in [-0.2, -0.15) is 0 Å². The van der Waals surface area contributed by atoms with E-state index in [1.165, 1.54) is 23.3 Å². The van der Waals surface area contributed by atoms with Gasteiger partial charge in [-0.1, -0.05) is 67.0 Å². The molecule has 1 rings (SSSR count). The minimum absolute atomic E-state index is 1.20. The van der Waals surface area contributed by atoms with Crippen molar-refractivity contribution < 1.29 is 0 Å². The van der Waals surface area contributed by atoms with E-state index in [-0.39, 0.29) is 0 Å². The third-order valence-corrected chi connectivity index (χ3v) is 2.44. The molecule has 0 aliphatic carbocycles. The Morgan fingerprint density at radius 2 is 1.24 bits per heavy atom. The van der Waals surface area contributed by atoms with Gasteiger partial charge in [0.15, 0.2) is 0 Å². The molecule has 0 saturated carbocycles. The summed E-state index contributed by atoms with van der Waals surface area (Å²) in [5, 5.41) is 0. The van der Waals surface area contributed by atoms with Gasteiger partial charge < -0.3 is 0 Å². The zero-order valence-electron chi connectivity index (χ0n) is 13.1. The van der Waals surface area contributed by atoms with Crippen LogP contribution >= 0.6 is 11.8 Å². The highest BCUT2D eigenvalue weighted by molar-refractivity contribution is 7.98. The van der Waals surface area contributed by atoms with Gasteiger partial charge in [0.1, 0.15) is 0 Å². The third kappa shape index (κ3) is 13.5. The van der Waals surface area contributed by atoms with E-state index in [0.717, 1.165) is 0 Å². The molecule has 0 fully saturated rings. The standard InChI is InChI=1S/C10H14S.3C2H6/c1-3-4-9-5-7-10(11-2)8-6-9;3*1-2/h5-8H,3-4H2,1-2H3;3*1-2H3. The summed E-state index contributed by atoms with van der Waals surface area (Å²) in [5.74, 6) is 0. The largest absolute Gasteiger partial charge is 0.130 e. The minimum Gasteiger partial charge on any atom is -0.130 e. The van der Waals surface area contributed by atoms with Gasteiger partial charge in [-0.25, -0.2) is 0 Å². The van der Waals surface area contributed by atoms with Crippen LogP contribution in [0.3, 0.4) is 0 Å². The summed E-state index contributed by atoms with van der Waals surface area (Å²) in [4.78, 5) is 1.35. The van der Waals surface area contributed by atoms with Crippen molar-refractivity contribution in [2.45, 2.75) is 66.2 Å². The Bertz CT molecular complexity index is 201. The van der Waals surface area contributed by atoms with Crippen molar-refractivity contribution >= 4 is 11.8 Å². The number of hydrogen-bond acceptors (Lipinski definition) is 1. The normalized spacial score (nSPS) is 7.53. The van der Waals surface area contributed by atoms with Gasteiger partial charge in [0.25, 0.3) is 0 Å². The van der Waals surface area contributed by atoms with E-state index in [1.807, 2.05) is 41.5 Å². The second-order valence-corrected chi connectivity index (χ2v) is 3.48. The summed E-state index contributed by atoms with van der Waals surface area (Å²) in [7, 11) is 0. The summed E-state index contributed by atoms with van der Waals surface area (Å²) < 4.78 is 0. The fourth-order valence-electron chi connectivity index (χ4n) is 1.08. The lowest BCUT2D eigenvalue weighted by Crippen LogP contribution is -1.81. The Morgan fingerprint density at radius 1 is 0.824 bits per heavy atom. The van der Waals surface area contributed by atoms with E-state index in [4.69, 9.17) is 0 Å². The summed E-state index contributed by atoms with van der Waals surface area (Å²) in [6.45, 7) is 14.2. The lowest BCUT2D eigenvalue weighted by atomic mass is 10.1. The summed E-state index contributed by atoms with van der Waals surface area (Å²) in [5.41, 5.74) is 1.45. The Labute approximate surface area is 114 Å². The van der Waals surface area contributed by atoms with Crippen molar-refractivity contribution in [3.63, 3.8) is 0 Å². The summed E-state index contributed by atoms with van der Waals surface area (Å²) >= 11 is 1.80. The molecule has 0 aromatic heterocycles. The number of rotatable bonds is 3. The van der Waals surface area contributed by atoms with Crippen molar-refractivity contribution in [2.24, 2.45) is 0 Å². The van der Waals surface area contributed by atoms with Crippen LogP contribution in [0.25, 0.3) is 0 Å². The predicted octanol–water partition coefficient (Wildman–Crippen LogP) is 6.44. The highest BCUT2D eigenvalue weighted by Gasteiger charge is 1.90. The Morgan fingerprint density at radius 3 is 1.53 bits per heavy atom. The fraction of sp³-hybridized carbons (Fsp3) is 0.625. The molecule has 0 amide bonds. The van der Waals surface area contributed by atoms with Crippen LogP contribution in [0.4, 0.5) is 0 Å². The van der Waals surface area contributed by atoms with Crippen LogP contribution in [-0.2, 0) is 6.42 Å². The predicted molar refractivity (Wildman–Crippen MR) is 86.3 cm³/mol. The van der Waals surface area contributed by atoms with Gasteiger partial charge in [-0.05, 0) is 30.4 Å². The van der Waals surface area contributed by atoms with Crippen molar-refractivity contribution in [2.75, 3.05) is 6.26 Å². The van der Waals surface area contributed by atoms with Crippen molar-refractivity contribution in [3.8, 4) is 0 Å². The van der Waals surface area contributed by atoms with Gasteiger partial charge in [-0.15, -0.1) is 11.8 Å². The van der Waals surface area contributed by atoms with Gasteiger partial charge in [0.05, 0.1) is 0 Å². The monoisotopic (exact) mass is 256 g/mol. The number of aryl methyl sites for hydroxylation is 1. The molecule has 1 heteroatoms. The average molecular weight is 256 g/mol. The lowest BCUT2D eigenvalue weighted by Gasteiger charge is -1.99. The maximum absolute atomic E-state index is 2.22. The van der Waals surface area contributed by atoms with E-state index in [0.29, 0.717) is 0 Å². The van der Waals surface area contributed by atoms with Gasteiger partial charge in [0.2, 0.25) is 0 Å². The van der Waals surface area contributed by atoms with Crippen LogP contribution in [0.5, 0.6) is 0 Å². The highest BCUT2D eigenvalue weighted by Crippen LogP contribution is 2.15. The first-order valence-electron chi connectivity index (χ1n) is 6.99. The quantitative estimate of drug-likeness (QED) is 0.561. The van der Waals surface area contributed by atoms with Gasteiger partial charge >= 0.3 is 0 Å². The summed E-state index contributed by atoms with van der Waals surface area (Å²) in [6.07, 6.45) is 4.54. The maximum atomic E-state index is 2.22. The molecule has 102 valence electrons. The first kappa shape index (κ1) is 21.8. The first-order chi connectivity index (χ1) is 8.36. The molecule has 0 aliphatic heterocycles. The maximum Gasteiger partial charge on any atom is 0.00693 e. The summed E-state index contributed by atoms with van der Waals surface area (Å²) in [6, 6.07) is 8.82. The lowest BCUT2D eigenvalue weighted by molar-refractivity contribution is 0.920. The minimum atomic E-state index is 1.20. The molecule has 0 radical (unpaired) electrons. The van der Waals surface area contributed by atoms with Crippen LogP contribution in [0.15, 0.2) is 29.2 Å². The molecule has 0 bridgehead atoms. The van der Waals surface area contributed by atoms with Crippen LogP contribution < -0.4 is 0 Å². The number of hydrogen-bond donors (Lipinski definition) is 0. The smallest absolute Gasteiger partial charge is 0.00693 e. The second-order valence-electron chi connectivity index (χ2n) is 2.60. The molecule has 0 N–H and O–H groups in total. The van der Waals surface area contributed by atoms with Crippen molar-refractivity contribution in [3.05, 3.63) is 29.8 Å². The Balaban J connectivity index is -0.000000285. The van der Waals surface area contributed by atoms with Gasteiger partial charge in [-0.3, -0.25) is 0 Å². The van der Waals surface area contributed by atoms with Gasteiger partial charge in [0, 0.05) is 4.90 Å². The highest BCUT2D eigenvalue weighted by atomic mass is 32.2.